The molecule has 6 heteroatoms. The van der Waals surface area contributed by atoms with E-state index in [1.807, 2.05) is 0 Å². The van der Waals surface area contributed by atoms with Gasteiger partial charge in [0.1, 0.15) is 17.4 Å². The first-order chi connectivity index (χ1) is 10.6. The molecule has 5 nitrogen and oxygen atoms in total. The van der Waals surface area contributed by atoms with Gasteiger partial charge in [0.15, 0.2) is 0 Å². The van der Waals surface area contributed by atoms with Crippen molar-refractivity contribution >= 4 is 11.6 Å². The van der Waals surface area contributed by atoms with E-state index in [2.05, 4.69) is 10.0 Å². The van der Waals surface area contributed by atoms with Crippen molar-refractivity contribution in [3.8, 4) is 0 Å². The molecule has 1 aromatic rings. The minimum Gasteiger partial charge on any atom is -0.299 e. The Balaban J connectivity index is 2.28. The van der Waals surface area contributed by atoms with Gasteiger partial charge in [0.2, 0.25) is 0 Å². The zero-order valence-corrected chi connectivity index (χ0v) is 12.3. The van der Waals surface area contributed by atoms with Crippen molar-refractivity contribution in [1.29, 1.82) is 0 Å². The van der Waals surface area contributed by atoms with Gasteiger partial charge in [0.25, 0.3) is 0 Å². The molecule has 0 unspecified atom stereocenters. The molecular weight excluding hydrogens is 285 g/mol. The Labute approximate surface area is 128 Å². The zero-order chi connectivity index (χ0) is 16.0. The van der Waals surface area contributed by atoms with E-state index in [-0.39, 0.29) is 24.5 Å². The van der Waals surface area contributed by atoms with Gasteiger partial charge in [-0.2, -0.15) is 0 Å². The summed E-state index contributed by atoms with van der Waals surface area (Å²) in [5.41, 5.74) is 7.54. The molecule has 1 aliphatic carbocycles. The Morgan fingerprint density at radius 1 is 1.23 bits per heavy atom. The quantitative estimate of drug-likeness (QED) is 0.263. The Bertz CT molecular complexity index is 608. The first-order valence-corrected chi connectivity index (χ1v) is 7.41. The van der Waals surface area contributed by atoms with Crippen LogP contribution in [0.1, 0.15) is 37.7 Å². The summed E-state index contributed by atoms with van der Waals surface area (Å²) in [6.07, 6.45) is 2.10. The van der Waals surface area contributed by atoms with E-state index in [1.54, 1.807) is 18.2 Å². The van der Waals surface area contributed by atoms with Crippen molar-refractivity contribution in [1.82, 2.24) is 0 Å². The number of Topliss-reactive ketones (excluding diaryl/α,β-unsaturated/α-hetero) is 2. The number of hydrogen-bond donors (Lipinski definition) is 0. The highest BCUT2D eigenvalue weighted by Crippen LogP contribution is 2.38. The second-order valence-electron chi connectivity index (χ2n) is 5.61. The molecule has 0 aromatic heterocycles. The predicted octanol–water partition coefficient (Wildman–Crippen LogP) is 3.77. The van der Waals surface area contributed by atoms with Crippen LogP contribution in [0.25, 0.3) is 10.4 Å². The number of carbonyl (C=O) groups excluding carboxylic acids is 2. The van der Waals surface area contributed by atoms with Gasteiger partial charge < -0.3 is 0 Å². The fourth-order valence-corrected chi connectivity index (χ4v) is 3.07. The first-order valence-electron chi connectivity index (χ1n) is 7.41. The van der Waals surface area contributed by atoms with Crippen molar-refractivity contribution in [2.45, 2.75) is 38.5 Å². The average molecular weight is 303 g/mol. The lowest BCUT2D eigenvalue weighted by molar-refractivity contribution is -0.144. The third kappa shape index (κ3) is 3.34. The van der Waals surface area contributed by atoms with Gasteiger partial charge in [0, 0.05) is 24.3 Å². The highest BCUT2D eigenvalue weighted by Gasteiger charge is 2.46. The molecule has 0 aliphatic heterocycles. The Kier molecular flexibility index (Phi) is 5.28. The van der Waals surface area contributed by atoms with Gasteiger partial charge in [-0.25, -0.2) is 4.39 Å². The van der Waals surface area contributed by atoms with Crippen LogP contribution < -0.4 is 0 Å². The fourth-order valence-electron chi connectivity index (χ4n) is 3.07. The molecule has 0 heterocycles. The van der Waals surface area contributed by atoms with E-state index in [4.69, 9.17) is 5.53 Å². The topological polar surface area (TPSA) is 82.9 Å². The smallest absolute Gasteiger partial charge is 0.146 e. The van der Waals surface area contributed by atoms with Crippen molar-refractivity contribution in [3.63, 3.8) is 0 Å². The molecule has 1 fully saturated rings. The summed E-state index contributed by atoms with van der Waals surface area (Å²) in [5, 5.41) is 3.45. The molecule has 116 valence electrons. The molecule has 1 saturated carbocycles. The van der Waals surface area contributed by atoms with Crippen LogP contribution in [0.5, 0.6) is 0 Å². The van der Waals surface area contributed by atoms with Gasteiger partial charge in [-0.15, -0.1) is 0 Å². The largest absolute Gasteiger partial charge is 0.299 e. The summed E-state index contributed by atoms with van der Waals surface area (Å²) in [6.45, 7) is 0.232. The van der Waals surface area contributed by atoms with Gasteiger partial charge >= 0.3 is 0 Å². The minimum absolute atomic E-state index is 0.0909. The van der Waals surface area contributed by atoms with E-state index < -0.39 is 11.2 Å². The van der Waals surface area contributed by atoms with Crippen molar-refractivity contribution in [2.24, 2.45) is 10.5 Å². The molecule has 0 saturated heterocycles. The highest BCUT2D eigenvalue weighted by molar-refractivity contribution is 6.09. The van der Waals surface area contributed by atoms with Crippen LogP contribution in [0.15, 0.2) is 29.4 Å². The van der Waals surface area contributed by atoms with Crippen molar-refractivity contribution in [3.05, 3.63) is 46.1 Å². The van der Waals surface area contributed by atoms with E-state index >= 15 is 0 Å². The predicted molar refractivity (Wildman–Crippen MR) is 79.6 cm³/mol. The molecule has 0 spiro atoms. The molecule has 0 atom stereocenters. The highest BCUT2D eigenvalue weighted by atomic mass is 19.1. The van der Waals surface area contributed by atoms with Gasteiger partial charge in [0.05, 0.1) is 5.41 Å². The maximum absolute atomic E-state index is 13.9. The summed E-state index contributed by atoms with van der Waals surface area (Å²) < 4.78 is 13.9. The van der Waals surface area contributed by atoms with Crippen LogP contribution in [0.3, 0.4) is 0 Å². The maximum atomic E-state index is 13.9. The van der Waals surface area contributed by atoms with Crippen LogP contribution in [-0.2, 0) is 16.0 Å². The molecule has 1 aliphatic rings. The molecule has 1 aromatic carbocycles. The molecule has 0 radical (unpaired) electrons. The second kappa shape index (κ2) is 7.18. The SMILES string of the molecule is [N-]=[N+]=NCCCC1(Cc2ccccc2F)C(=O)CCCC1=O. The van der Waals surface area contributed by atoms with Crippen LogP contribution in [-0.4, -0.2) is 18.1 Å². The van der Waals surface area contributed by atoms with Crippen LogP contribution in [0, 0.1) is 11.2 Å². The zero-order valence-electron chi connectivity index (χ0n) is 12.3. The third-order valence-electron chi connectivity index (χ3n) is 4.25. The molecule has 2 rings (SSSR count). The Morgan fingerprint density at radius 2 is 1.91 bits per heavy atom. The van der Waals surface area contributed by atoms with Crippen LogP contribution >= 0.6 is 0 Å². The number of halogens is 1. The van der Waals surface area contributed by atoms with E-state index in [0.29, 0.717) is 37.7 Å². The van der Waals surface area contributed by atoms with E-state index in [0.717, 1.165) is 0 Å². The number of rotatable bonds is 6. The van der Waals surface area contributed by atoms with Crippen LogP contribution in [0.2, 0.25) is 0 Å². The van der Waals surface area contributed by atoms with E-state index in [1.165, 1.54) is 6.07 Å². The number of carbonyl (C=O) groups is 2. The minimum atomic E-state index is -1.16. The van der Waals surface area contributed by atoms with E-state index in [9.17, 15) is 14.0 Å². The lowest BCUT2D eigenvalue weighted by atomic mass is 9.66. The van der Waals surface area contributed by atoms with Gasteiger partial charge in [-0.05, 0) is 42.8 Å². The number of azide groups is 1. The fraction of sp³-hybridized carbons (Fsp3) is 0.500. The first kappa shape index (κ1) is 16.2. The lowest BCUT2D eigenvalue weighted by Crippen LogP contribution is -2.44. The molecule has 0 bridgehead atoms. The molecule has 0 N–H and O–H groups in total. The number of benzene rings is 1. The summed E-state index contributed by atoms with van der Waals surface area (Å²) >= 11 is 0. The Hall–Kier alpha value is -2.20. The molecule has 0 amide bonds. The standard InChI is InChI=1S/C16H18FN3O2/c17-13-6-2-1-5-12(13)11-16(9-4-10-19-20-18)14(21)7-3-8-15(16)22/h1-2,5-6H,3-4,7-11H2. The Morgan fingerprint density at radius 3 is 2.55 bits per heavy atom. The van der Waals surface area contributed by atoms with Crippen molar-refractivity contribution in [2.75, 3.05) is 6.54 Å². The number of ketones is 2. The average Bonchev–Trinajstić information content (AvgIpc) is 2.51. The summed E-state index contributed by atoms with van der Waals surface area (Å²) in [6, 6.07) is 6.22. The summed E-state index contributed by atoms with van der Waals surface area (Å²) in [7, 11) is 0. The monoisotopic (exact) mass is 303 g/mol. The second-order valence-corrected chi connectivity index (χ2v) is 5.61. The summed E-state index contributed by atoms with van der Waals surface area (Å²) in [5.74, 6) is -0.635. The number of hydrogen-bond acceptors (Lipinski definition) is 3. The van der Waals surface area contributed by atoms with Crippen LogP contribution in [0.4, 0.5) is 4.39 Å². The normalized spacial score (nSPS) is 17.1. The summed E-state index contributed by atoms with van der Waals surface area (Å²) in [4.78, 5) is 27.6. The lowest BCUT2D eigenvalue weighted by Gasteiger charge is -2.34. The molecule has 22 heavy (non-hydrogen) atoms. The van der Waals surface area contributed by atoms with Gasteiger partial charge in [-0.3, -0.25) is 9.59 Å². The third-order valence-corrected chi connectivity index (χ3v) is 4.25. The maximum Gasteiger partial charge on any atom is 0.146 e. The molecular formula is C16H18FN3O2. The van der Waals surface area contributed by atoms with Crippen molar-refractivity contribution < 1.29 is 14.0 Å². The number of nitrogens with zero attached hydrogens (tertiary/aromatic N) is 3. The van der Waals surface area contributed by atoms with Gasteiger partial charge in [-0.1, -0.05) is 23.3 Å².